The Kier molecular flexibility index (Phi) is 7.13. The van der Waals surface area contributed by atoms with Crippen molar-refractivity contribution in [3.8, 4) is 17.2 Å². The summed E-state index contributed by atoms with van der Waals surface area (Å²) >= 11 is 2.13. The largest absolute Gasteiger partial charge is 0.496 e. The number of aryl methyl sites for hydroxylation is 1. The van der Waals surface area contributed by atoms with Gasteiger partial charge in [-0.2, -0.15) is 5.10 Å². The fourth-order valence-corrected chi connectivity index (χ4v) is 3.84. The summed E-state index contributed by atoms with van der Waals surface area (Å²) in [7, 11) is 3.02. The number of carbonyl (C=O) groups excluding carboxylic acids is 1. The Morgan fingerprint density at radius 3 is 2.50 bits per heavy atom. The molecule has 2 aromatic carbocycles. The van der Waals surface area contributed by atoms with Gasteiger partial charge in [0.15, 0.2) is 0 Å². The lowest BCUT2D eigenvalue weighted by Crippen LogP contribution is -2.17. The average molecular weight is 548 g/mol. The van der Waals surface area contributed by atoms with Crippen molar-refractivity contribution < 1.29 is 19.2 Å². The molecule has 0 fully saturated rings. The van der Waals surface area contributed by atoms with Crippen molar-refractivity contribution in [2.45, 2.75) is 13.8 Å². The van der Waals surface area contributed by atoms with Crippen molar-refractivity contribution in [3.05, 3.63) is 78.7 Å². The molecule has 1 heterocycles. The van der Waals surface area contributed by atoms with Gasteiger partial charge in [0.1, 0.15) is 11.5 Å². The number of hydrogen-bond acceptors (Lipinski definition) is 6. The highest BCUT2D eigenvalue weighted by molar-refractivity contribution is 14.1. The highest BCUT2D eigenvalue weighted by Gasteiger charge is 2.17. The van der Waals surface area contributed by atoms with E-state index in [1.807, 2.05) is 24.5 Å². The van der Waals surface area contributed by atoms with Gasteiger partial charge >= 0.3 is 0 Å². The summed E-state index contributed by atoms with van der Waals surface area (Å²) in [6.45, 7) is 3.79. The van der Waals surface area contributed by atoms with Gasteiger partial charge in [0, 0.05) is 28.6 Å². The summed E-state index contributed by atoms with van der Waals surface area (Å²) in [6.07, 6.45) is 1.55. The molecule has 166 valence electrons. The molecule has 32 heavy (non-hydrogen) atoms. The molecule has 10 heteroatoms. The molecule has 1 amide bonds. The minimum Gasteiger partial charge on any atom is -0.496 e. The Balaban J connectivity index is 1.85. The SMILES string of the molecule is COc1cc(C(=O)N/N=C\c2cc(C)n(-c3ccc([N+](=O)[O-])cc3OC)c2C)ccc1I. The number of nitrogens with one attached hydrogen (secondary N) is 1. The maximum atomic E-state index is 12.4. The number of carbonyl (C=O) groups is 1. The van der Waals surface area contributed by atoms with Gasteiger partial charge in [-0.1, -0.05) is 0 Å². The number of hydrazone groups is 1. The van der Waals surface area contributed by atoms with Crippen molar-refractivity contribution in [1.82, 2.24) is 9.99 Å². The van der Waals surface area contributed by atoms with E-state index in [0.717, 1.165) is 20.5 Å². The quantitative estimate of drug-likeness (QED) is 0.204. The van der Waals surface area contributed by atoms with Crippen LogP contribution in [0.25, 0.3) is 5.69 Å². The van der Waals surface area contributed by atoms with Crippen LogP contribution in [0.1, 0.15) is 27.3 Å². The fraction of sp³-hybridized carbons (Fsp3) is 0.182. The van der Waals surface area contributed by atoms with Crippen LogP contribution < -0.4 is 14.9 Å². The smallest absolute Gasteiger partial charge is 0.273 e. The van der Waals surface area contributed by atoms with Gasteiger partial charge < -0.3 is 14.0 Å². The van der Waals surface area contributed by atoms with Gasteiger partial charge in [-0.15, -0.1) is 0 Å². The number of ether oxygens (including phenoxy) is 2. The van der Waals surface area contributed by atoms with Crippen molar-refractivity contribution >= 4 is 40.4 Å². The highest BCUT2D eigenvalue weighted by Crippen LogP contribution is 2.31. The summed E-state index contributed by atoms with van der Waals surface area (Å²) in [4.78, 5) is 23.0. The molecule has 0 spiro atoms. The van der Waals surface area contributed by atoms with Crippen LogP contribution in [0.4, 0.5) is 5.69 Å². The maximum Gasteiger partial charge on any atom is 0.273 e. The van der Waals surface area contributed by atoms with Crippen LogP contribution in [0.2, 0.25) is 0 Å². The minimum absolute atomic E-state index is 0.0511. The fourth-order valence-electron chi connectivity index (χ4n) is 3.28. The number of benzene rings is 2. The molecule has 0 bridgehead atoms. The second-order valence-corrected chi connectivity index (χ2v) is 7.99. The van der Waals surface area contributed by atoms with E-state index in [9.17, 15) is 14.9 Å². The van der Waals surface area contributed by atoms with Gasteiger partial charge in [-0.05, 0) is 66.8 Å². The molecule has 1 N–H and O–H groups in total. The number of nitrogens with zero attached hydrogens (tertiary/aromatic N) is 3. The van der Waals surface area contributed by atoms with Crippen LogP contribution in [0.5, 0.6) is 11.5 Å². The first kappa shape index (κ1) is 23.3. The molecule has 0 aliphatic carbocycles. The second kappa shape index (κ2) is 9.81. The number of amides is 1. The number of aromatic nitrogens is 1. The van der Waals surface area contributed by atoms with Crippen LogP contribution in [-0.2, 0) is 0 Å². The number of non-ortho nitro benzene ring substituents is 1. The zero-order valence-corrected chi connectivity index (χ0v) is 20.0. The van der Waals surface area contributed by atoms with Crippen molar-refractivity contribution in [2.24, 2.45) is 5.10 Å². The molecule has 0 atom stereocenters. The van der Waals surface area contributed by atoms with E-state index in [4.69, 9.17) is 9.47 Å². The Labute approximate surface area is 198 Å². The zero-order chi connectivity index (χ0) is 23.4. The summed E-state index contributed by atoms with van der Waals surface area (Å²) in [5.41, 5.74) is 6.07. The molecule has 9 nitrogen and oxygen atoms in total. The zero-order valence-electron chi connectivity index (χ0n) is 17.9. The lowest BCUT2D eigenvalue weighted by atomic mass is 10.2. The summed E-state index contributed by atoms with van der Waals surface area (Å²) in [6, 6.07) is 11.5. The number of methoxy groups -OCH3 is 2. The van der Waals surface area contributed by atoms with Gasteiger partial charge in [0.05, 0.1) is 40.7 Å². The third-order valence-electron chi connectivity index (χ3n) is 4.87. The average Bonchev–Trinajstić information content (AvgIpc) is 3.06. The first-order chi connectivity index (χ1) is 15.3. The van der Waals surface area contributed by atoms with Crippen molar-refractivity contribution in [1.29, 1.82) is 0 Å². The monoisotopic (exact) mass is 548 g/mol. The summed E-state index contributed by atoms with van der Waals surface area (Å²) < 4.78 is 13.4. The van der Waals surface area contributed by atoms with Gasteiger partial charge in [0.25, 0.3) is 11.6 Å². The second-order valence-electron chi connectivity index (χ2n) is 6.82. The molecule has 3 rings (SSSR count). The van der Waals surface area contributed by atoms with Crippen molar-refractivity contribution in [2.75, 3.05) is 14.2 Å². The molecule has 0 saturated heterocycles. The molecule has 0 saturated carbocycles. The van der Waals surface area contributed by atoms with Crippen LogP contribution in [0, 0.1) is 27.5 Å². The summed E-state index contributed by atoms with van der Waals surface area (Å²) in [5.74, 6) is 0.634. The Morgan fingerprint density at radius 2 is 1.84 bits per heavy atom. The predicted octanol–water partition coefficient (Wildman–Crippen LogP) is 4.39. The lowest BCUT2D eigenvalue weighted by molar-refractivity contribution is -0.384. The van der Waals surface area contributed by atoms with E-state index in [2.05, 4.69) is 33.1 Å². The van der Waals surface area contributed by atoms with E-state index >= 15 is 0 Å². The Bertz CT molecular complexity index is 1220. The number of rotatable bonds is 7. The van der Waals surface area contributed by atoms with Crippen LogP contribution in [-0.4, -0.2) is 35.8 Å². The standard InChI is InChI=1S/C22H21IN4O5/c1-13-9-16(12-24-25-22(28)15-5-7-18(23)20(10-15)31-3)14(2)26(13)19-8-6-17(27(29)30)11-21(19)32-4/h5-12H,1-4H3,(H,25,28)/b24-12-. The number of nitro benzene ring substituents is 1. The number of halogens is 1. The highest BCUT2D eigenvalue weighted by atomic mass is 127. The first-order valence-electron chi connectivity index (χ1n) is 9.45. The van der Waals surface area contributed by atoms with E-state index in [1.165, 1.54) is 19.2 Å². The third kappa shape index (κ3) is 4.74. The van der Waals surface area contributed by atoms with E-state index in [-0.39, 0.29) is 11.6 Å². The third-order valence-corrected chi connectivity index (χ3v) is 5.76. The molecule has 3 aromatic rings. The Hall–Kier alpha value is -3.41. The van der Waals surface area contributed by atoms with Crippen LogP contribution >= 0.6 is 22.6 Å². The molecule has 1 aromatic heterocycles. The molecule has 0 aliphatic rings. The number of hydrogen-bond donors (Lipinski definition) is 1. The van der Waals surface area contributed by atoms with Gasteiger partial charge in [-0.25, -0.2) is 5.43 Å². The Morgan fingerprint density at radius 1 is 1.12 bits per heavy atom. The predicted molar refractivity (Wildman–Crippen MR) is 129 cm³/mol. The molecule has 0 radical (unpaired) electrons. The number of nitro groups is 1. The van der Waals surface area contributed by atoms with Gasteiger partial charge in [-0.3, -0.25) is 14.9 Å². The topological polar surface area (TPSA) is 108 Å². The molecule has 0 aliphatic heterocycles. The first-order valence-corrected chi connectivity index (χ1v) is 10.5. The summed E-state index contributed by atoms with van der Waals surface area (Å²) in [5, 5.41) is 15.2. The molecular formula is C22H21IN4O5. The van der Waals surface area contributed by atoms with Crippen molar-refractivity contribution in [3.63, 3.8) is 0 Å². The van der Waals surface area contributed by atoms with Crippen LogP contribution in [0.15, 0.2) is 47.6 Å². The molecule has 0 unspecified atom stereocenters. The van der Waals surface area contributed by atoms with E-state index in [0.29, 0.717) is 22.7 Å². The minimum atomic E-state index is -0.467. The van der Waals surface area contributed by atoms with Crippen LogP contribution in [0.3, 0.4) is 0 Å². The maximum absolute atomic E-state index is 12.4. The lowest BCUT2D eigenvalue weighted by Gasteiger charge is -2.13. The normalized spacial score (nSPS) is 10.9. The van der Waals surface area contributed by atoms with E-state index < -0.39 is 4.92 Å². The van der Waals surface area contributed by atoms with Gasteiger partial charge in [0.2, 0.25) is 0 Å². The van der Waals surface area contributed by atoms with E-state index in [1.54, 1.807) is 37.6 Å². The molecular weight excluding hydrogens is 527 g/mol.